The fourth-order valence-corrected chi connectivity index (χ4v) is 2.55. The number of fused-ring (bicyclic) bond motifs is 1. The number of halogens is 2. The lowest BCUT2D eigenvalue weighted by molar-refractivity contribution is 0.103. The lowest BCUT2D eigenvalue weighted by Gasteiger charge is -2.08. The SMILES string of the molecule is O=C(c1ccc(Br)cc1F)c1cccc2c1OCC2. The molecule has 0 bridgehead atoms. The standard InChI is InChI=1S/C15H10BrFO2/c16-10-4-5-11(13(17)8-10)14(18)12-3-1-2-9-6-7-19-15(9)12/h1-5,8H,6-7H2. The Morgan fingerprint density at radius 2 is 2.05 bits per heavy atom. The van der Waals surface area contributed by atoms with Crippen molar-refractivity contribution in [3.8, 4) is 5.75 Å². The maximum atomic E-state index is 13.8. The summed E-state index contributed by atoms with van der Waals surface area (Å²) in [6, 6.07) is 9.83. The van der Waals surface area contributed by atoms with Crippen LogP contribution in [0.25, 0.3) is 0 Å². The number of ketones is 1. The van der Waals surface area contributed by atoms with Crippen molar-refractivity contribution in [3.63, 3.8) is 0 Å². The van der Waals surface area contributed by atoms with Crippen molar-refractivity contribution in [2.45, 2.75) is 6.42 Å². The highest BCUT2D eigenvalue weighted by Gasteiger charge is 2.23. The van der Waals surface area contributed by atoms with Gasteiger partial charge < -0.3 is 4.74 Å². The van der Waals surface area contributed by atoms with Gasteiger partial charge in [-0.15, -0.1) is 0 Å². The molecule has 1 aliphatic rings. The normalized spacial score (nSPS) is 12.9. The molecule has 0 saturated carbocycles. The van der Waals surface area contributed by atoms with E-state index >= 15 is 0 Å². The summed E-state index contributed by atoms with van der Waals surface area (Å²) in [7, 11) is 0. The number of rotatable bonds is 2. The lowest BCUT2D eigenvalue weighted by Crippen LogP contribution is -2.06. The van der Waals surface area contributed by atoms with Crippen LogP contribution in [0, 0.1) is 5.82 Å². The van der Waals surface area contributed by atoms with Crippen LogP contribution in [-0.4, -0.2) is 12.4 Å². The minimum absolute atomic E-state index is 0.0621. The van der Waals surface area contributed by atoms with Crippen LogP contribution in [0.5, 0.6) is 5.75 Å². The molecule has 4 heteroatoms. The van der Waals surface area contributed by atoms with Gasteiger partial charge in [-0.2, -0.15) is 0 Å². The Morgan fingerprint density at radius 1 is 1.21 bits per heavy atom. The molecule has 0 amide bonds. The van der Waals surface area contributed by atoms with Crippen LogP contribution < -0.4 is 4.74 Å². The van der Waals surface area contributed by atoms with Crippen molar-refractivity contribution in [1.82, 2.24) is 0 Å². The number of hydrogen-bond donors (Lipinski definition) is 0. The molecule has 2 aromatic carbocycles. The summed E-state index contributed by atoms with van der Waals surface area (Å²) < 4.78 is 19.9. The molecule has 0 atom stereocenters. The largest absolute Gasteiger partial charge is 0.492 e. The van der Waals surface area contributed by atoms with Gasteiger partial charge in [0.15, 0.2) is 5.78 Å². The van der Waals surface area contributed by atoms with Crippen LogP contribution in [-0.2, 0) is 6.42 Å². The predicted octanol–water partition coefficient (Wildman–Crippen LogP) is 3.75. The minimum Gasteiger partial charge on any atom is -0.492 e. The zero-order valence-corrected chi connectivity index (χ0v) is 11.5. The van der Waals surface area contributed by atoms with Gasteiger partial charge in [0, 0.05) is 10.9 Å². The van der Waals surface area contributed by atoms with Gasteiger partial charge in [0.05, 0.1) is 17.7 Å². The topological polar surface area (TPSA) is 26.3 Å². The summed E-state index contributed by atoms with van der Waals surface area (Å²) in [4.78, 5) is 12.4. The molecule has 0 aromatic heterocycles. The Kier molecular flexibility index (Phi) is 3.11. The fraction of sp³-hybridized carbons (Fsp3) is 0.133. The van der Waals surface area contributed by atoms with Crippen LogP contribution in [0.1, 0.15) is 21.5 Å². The molecule has 0 N–H and O–H groups in total. The van der Waals surface area contributed by atoms with E-state index in [1.54, 1.807) is 18.2 Å². The monoisotopic (exact) mass is 320 g/mol. The molecule has 3 rings (SSSR count). The number of carbonyl (C=O) groups is 1. The van der Waals surface area contributed by atoms with Crippen LogP contribution in [0.4, 0.5) is 4.39 Å². The third kappa shape index (κ3) is 2.16. The average Bonchev–Trinajstić information content (AvgIpc) is 2.86. The van der Waals surface area contributed by atoms with Crippen LogP contribution >= 0.6 is 15.9 Å². The predicted molar refractivity (Wildman–Crippen MR) is 73.2 cm³/mol. The van der Waals surface area contributed by atoms with E-state index < -0.39 is 5.82 Å². The molecule has 2 aromatic rings. The molecule has 0 spiro atoms. The molecule has 0 fully saturated rings. The van der Waals surface area contributed by atoms with E-state index in [0.29, 0.717) is 22.4 Å². The molecule has 0 radical (unpaired) electrons. The van der Waals surface area contributed by atoms with Gasteiger partial charge in [-0.3, -0.25) is 4.79 Å². The Morgan fingerprint density at radius 3 is 2.84 bits per heavy atom. The third-order valence-electron chi connectivity index (χ3n) is 3.13. The van der Waals surface area contributed by atoms with E-state index in [-0.39, 0.29) is 11.3 Å². The van der Waals surface area contributed by atoms with E-state index in [1.165, 1.54) is 12.1 Å². The van der Waals surface area contributed by atoms with E-state index in [1.807, 2.05) is 6.07 Å². The Hall–Kier alpha value is -1.68. The summed E-state index contributed by atoms with van der Waals surface area (Å²) in [5, 5.41) is 0. The van der Waals surface area contributed by atoms with E-state index in [2.05, 4.69) is 15.9 Å². The zero-order valence-electron chi connectivity index (χ0n) is 9.95. The maximum Gasteiger partial charge on any atom is 0.199 e. The van der Waals surface area contributed by atoms with Crippen LogP contribution in [0.3, 0.4) is 0 Å². The highest BCUT2D eigenvalue weighted by atomic mass is 79.9. The van der Waals surface area contributed by atoms with E-state index in [9.17, 15) is 9.18 Å². The summed E-state index contributed by atoms with van der Waals surface area (Å²) >= 11 is 3.18. The molecule has 2 nitrogen and oxygen atoms in total. The van der Waals surface area contributed by atoms with Crippen molar-refractivity contribution >= 4 is 21.7 Å². The quantitative estimate of drug-likeness (QED) is 0.788. The van der Waals surface area contributed by atoms with Gasteiger partial charge in [-0.25, -0.2) is 4.39 Å². The minimum atomic E-state index is -0.532. The number of hydrogen-bond acceptors (Lipinski definition) is 2. The van der Waals surface area contributed by atoms with Gasteiger partial charge in [0.2, 0.25) is 0 Å². The van der Waals surface area contributed by atoms with Crippen molar-refractivity contribution in [2.24, 2.45) is 0 Å². The average molecular weight is 321 g/mol. The second-order valence-electron chi connectivity index (χ2n) is 4.35. The fourth-order valence-electron chi connectivity index (χ4n) is 2.21. The summed E-state index contributed by atoms with van der Waals surface area (Å²) in [5.41, 5.74) is 1.49. The first-order valence-electron chi connectivity index (χ1n) is 5.91. The Labute approximate surface area is 118 Å². The molecular weight excluding hydrogens is 311 g/mol. The maximum absolute atomic E-state index is 13.8. The van der Waals surface area contributed by atoms with E-state index in [0.717, 1.165) is 12.0 Å². The molecule has 1 heterocycles. The highest BCUT2D eigenvalue weighted by Crippen LogP contribution is 2.31. The summed E-state index contributed by atoms with van der Waals surface area (Å²) in [6.07, 6.45) is 0.791. The molecule has 0 unspecified atom stereocenters. The first kappa shape index (κ1) is 12.4. The number of benzene rings is 2. The zero-order chi connectivity index (χ0) is 13.4. The van der Waals surface area contributed by atoms with Crippen molar-refractivity contribution in [2.75, 3.05) is 6.61 Å². The Bertz CT molecular complexity index is 667. The van der Waals surface area contributed by atoms with E-state index in [4.69, 9.17) is 4.74 Å². The van der Waals surface area contributed by atoms with Gasteiger partial charge >= 0.3 is 0 Å². The van der Waals surface area contributed by atoms with Gasteiger partial charge in [-0.05, 0) is 29.8 Å². The van der Waals surface area contributed by atoms with Crippen LogP contribution in [0.15, 0.2) is 40.9 Å². The summed E-state index contributed by atoms with van der Waals surface area (Å²) in [5.74, 6) is -0.284. The number of para-hydroxylation sites is 1. The second kappa shape index (κ2) is 4.78. The molecule has 96 valence electrons. The van der Waals surface area contributed by atoms with Crippen molar-refractivity contribution in [3.05, 3.63) is 63.4 Å². The van der Waals surface area contributed by atoms with Crippen molar-refractivity contribution in [1.29, 1.82) is 0 Å². The number of ether oxygens (including phenoxy) is 1. The first-order chi connectivity index (χ1) is 9.16. The molecule has 0 aliphatic carbocycles. The molecule has 19 heavy (non-hydrogen) atoms. The number of carbonyl (C=O) groups excluding carboxylic acids is 1. The smallest absolute Gasteiger partial charge is 0.199 e. The Balaban J connectivity index is 2.08. The first-order valence-corrected chi connectivity index (χ1v) is 6.70. The van der Waals surface area contributed by atoms with Crippen LogP contribution in [0.2, 0.25) is 0 Å². The van der Waals surface area contributed by atoms with Gasteiger partial charge in [0.25, 0.3) is 0 Å². The molecule has 1 aliphatic heterocycles. The summed E-state index contributed by atoms with van der Waals surface area (Å²) in [6.45, 7) is 0.572. The van der Waals surface area contributed by atoms with Crippen molar-refractivity contribution < 1.29 is 13.9 Å². The third-order valence-corrected chi connectivity index (χ3v) is 3.63. The molecular formula is C15H10BrFO2. The molecule has 0 saturated heterocycles. The van der Waals surface area contributed by atoms with Gasteiger partial charge in [0.1, 0.15) is 11.6 Å². The highest BCUT2D eigenvalue weighted by molar-refractivity contribution is 9.10. The lowest BCUT2D eigenvalue weighted by atomic mass is 9.99. The second-order valence-corrected chi connectivity index (χ2v) is 5.26. The van der Waals surface area contributed by atoms with Gasteiger partial charge in [-0.1, -0.05) is 28.1 Å².